The molecule has 1 aliphatic heterocycles. The van der Waals surface area contributed by atoms with Gasteiger partial charge in [-0.15, -0.1) is 0 Å². The number of carbonyl (C=O) groups excluding carboxylic acids is 1. The summed E-state index contributed by atoms with van der Waals surface area (Å²) in [7, 11) is 0. The normalized spacial score (nSPS) is 20.7. The Morgan fingerprint density at radius 2 is 2.60 bits per heavy atom. The summed E-state index contributed by atoms with van der Waals surface area (Å²) >= 11 is 0. The lowest BCUT2D eigenvalue weighted by Gasteiger charge is -2.05. The molecule has 1 aliphatic rings. The van der Waals surface area contributed by atoms with Gasteiger partial charge in [-0.1, -0.05) is 6.92 Å². The standard InChI is InChI=1S/C11H16N2O2/c1-2-5-13-7-9(8-14)11(12-13)10-4-3-6-15-10/h7-8,10H,2-6H2,1H3. The second kappa shape index (κ2) is 4.57. The fourth-order valence-corrected chi connectivity index (χ4v) is 1.93. The number of ether oxygens (including phenoxy) is 1. The lowest BCUT2D eigenvalue weighted by atomic mass is 10.1. The van der Waals surface area contributed by atoms with E-state index in [9.17, 15) is 4.79 Å². The van der Waals surface area contributed by atoms with Gasteiger partial charge in [0.15, 0.2) is 6.29 Å². The van der Waals surface area contributed by atoms with E-state index in [1.54, 1.807) is 0 Å². The number of hydrogen-bond acceptors (Lipinski definition) is 3. The summed E-state index contributed by atoms with van der Waals surface area (Å²) in [5, 5.41) is 4.41. The summed E-state index contributed by atoms with van der Waals surface area (Å²) in [6, 6.07) is 0. The van der Waals surface area contributed by atoms with Crippen molar-refractivity contribution in [1.82, 2.24) is 9.78 Å². The molecule has 82 valence electrons. The maximum Gasteiger partial charge on any atom is 0.153 e. The van der Waals surface area contributed by atoms with Gasteiger partial charge in [-0.05, 0) is 19.3 Å². The van der Waals surface area contributed by atoms with Crippen LogP contribution in [-0.4, -0.2) is 22.7 Å². The summed E-state index contributed by atoms with van der Waals surface area (Å²) in [4.78, 5) is 10.9. The fourth-order valence-electron chi connectivity index (χ4n) is 1.93. The maximum atomic E-state index is 10.9. The van der Waals surface area contributed by atoms with Crippen LogP contribution in [0.5, 0.6) is 0 Å². The van der Waals surface area contributed by atoms with Crippen molar-refractivity contribution < 1.29 is 9.53 Å². The molecule has 2 rings (SSSR count). The molecule has 1 aromatic heterocycles. The molecule has 0 bridgehead atoms. The third-order valence-electron chi connectivity index (χ3n) is 2.63. The first-order valence-corrected chi connectivity index (χ1v) is 5.49. The van der Waals surface area contributed by atoms with Gasteiger partial charge >= 0.3 is 0 Å². The highest BCUT2D eigenvalue weighted by Crippen LogP contribution is 2.29. The van der Waals surface area contributed by atoms with Crippen LogP contribution in [0.4, 0.5) is 0 Å². The summed E-state index contributed by atoms with van der Waals surface area (Å²) in [6.45, 7) is 3.73. The van der Waals surface area contributed by atoms with Crippen molar-refractivity contribution in [2.45, 2.75) is 38.8 Å². The van der Waals surface area contributed by atoms with Crippen LogP contribution < -0.4 is 0 Å². The first kappa shape index (κ1) is 10.4. The lowest BCUT2D eigenvalue weighted by molar-refractivity contribution is 0.103. The molecule has 1 fully saturated rings. The maximum absolute atomic E-state index is 10.9. The zero-order valence-electron chi connectivity index (χ0n) is 8.98. The molecule has 1 atom stereocenters. The van der Waals surface area contributed by atoms with Gasteiger partial charge in [0, 0.05) is 19.3 Å². The number of aromatic nitrogens is 2. The van der Waals surface area contributed by atoms with Gasteiger partial charge in [0.25, 0.3) is 0 Å². The number of aryl methyl sites for hydroxylation is 1. The average molecular weight is 208 g/mol. The average Bonchev–Trinajstić information content (AvgIpc) is 2.84. The van der Waals surface area contributed by atoms with Crippen LogP contribution in [0, 0.1) is 0 Å². The van der Waals surface area contributed by atoms with E-state index in [1.165, 1.54) is 0 Å². The van der Waals surface area contributed by atoms with Crippen LogP contribution in [0.1, 0.15) is 48.3 Å². The second-order valence-corrected chi connectivity index (χ2v) is 3.85. The third kappa shape index (κ3) is 2.09. The molecule has 0 radical (unpaired) electrons. The Hall–Kier alpha value is -1.16. The molecule has 0 aliphatic carbocycles. The van der Waals surface area contributed by atoms with E-state index in [-0.39, 0.29) is 6.10 Å². The second-order valence-electron chi connectivity index (χ2n) is 3.85. The number of hydrogen-bond donors (Lipinski definition) is 0. The zero-order chi connectivity index (χ0) is 10.7. The SMILES string of the molecule is CCCn1cc(C=O)c(C2CCCO2)n1. The molecule has 2 heterocycles. The lowest BCUT2D eigenvalue weighted by Crippen LogP contribution is -2.02. The summed E-state index contributed by atoms with van der Waals surface area (Å²) in [6.07, 6.45) is 5.77. The van der Waals surface area contributed by atoms with Crippen molar-refractivity contribution in [3.8, 4) is 0 Å². The van der Waals surface area contributed by atoms with Gasteiger partial charge in [0.1, 0.15) is 11.8 Å². The van der Waals surface area contributed by atoms with Crippen LogP contribution in [0.3, 0.4) is 0 Å². The number of rotatable bonds is 4. The Balaban J connectivity index is 2.23. The van der Waals surface area contributed by atoms with Crippen LogP contribution in [0.15, 0.2) is 6.20 Å². The van der Waals surface area contributed by atoms with Crippen molar-refractivity contribution in [2.24, 2.45) is 0 Å². The molecule has 1 unspecified atom stereocenters. The quantitative estimate of drug-likeness (QED) is 0.710. The highest BCUT2D eigenvalue weighted by molar-refractivity contribution is 5.76. The molecule has 0 amide bonds. The summed E-state index contributed by atoms with van der Waals surface area (Å²) < 4.78 is 7.37. The third-order valence-corrected chi connectivity index (χ3v) is 2.63. The Morgan fingerprint density at radius 1 is 1.73 bits per heavy atom. The fraction of sp³-hybridized carbons (Fsp3) is 0.636. The predicted molar refractivity (Wildman–Crippen MR) is 55.8 cm³/mol. The van der Waals surface area contributed by atoms with Gasteiger partial charge in [0.2, 0.25) is 0 Å². The van der Waals surface area contributed by atoms with E-state index in [0.29, 0.717) is 5.56 Å². The molecule has 4 nitrogen and oxygen atoms in total. The van der Waals surface area contributed by atoms with Crippen molar-refractivity contribution in [2.75, 3.05) is 6.61 Å². The Labute approximate surface area is 89.2 Å². The minimum atomic E-state index is 0.0308. The molecule has 0 aromatic carbocycles. The van der Waals surface area contributed by atoms with Crippen molar-refractivity contribution in [3.05, 3.63) is 17.5 Å². The number of aldehydes is 1. The number of nitrogens with zero attached hydrogens (tertiary/aromatic N) is 2. The molecule has 0 N–H and O–H groups in total. The van der Waals surface area contributed by atoms with Crippen molar-refractivity contribution >= 4 is 6.29 Å². The van der Waals surface area contributed by atoms with Gasteiger partial charge in [-0.25, -0.2) is 0 Å². The van der Waals surface area contributed by atoms with Crippen LogP contribution in [0.2, 0.25) is 0 Å². The monoisotopic (exact) mass is 208 g/mol. The van der Waals surface area contributed by atoms with Crippen molar-refractivity contribution in [3.63, 3.8) is 0 Å². The molecule has 1 aromatic rings. The molecule has 0 spiro atoms. The topological polar surface area (TPSA) is 44.1 Å². The van der Waals surface area contributed by atoms with E-state index < -0.39 is 0 Å². The smallest absolute Gasteiger partial charge is 0.153 e. The molecule has 0 saturated carbocycles. The van der Waals surface area contributed by atoms with Gasteiger partial charge in [-0.3, -0.25) is 9.48 Å². The van der Waals surface area contributed by atoms with E-state index in [4.69, 9.17) is 4.74 Å². The van der Waals surface area contributed by atoms with Gasteiger partial charge in [-0.2, -0.15) is 5.10 Å². The first-order chi connectivity index (χ1) is 7.35. The Bertz CT molecular complexity index is 340. The number of carbonyl (C=O) groups is 1. The highest BCUT2D eigenvalue weighted by atomic mass is 16.5. The van der Waals surface area contributed by atoms with Crippen molar-refractivity contribution in [1.29, 1.82) is 0 Å². The molecular formula is C11H16N2O2. The minimum Gasteiger partial charge on any atom is -0.372 e. The van der Waals surface area contributed by atoms with Gasteiger partial charge in [0.05, 0.1) is 5.56 Å². The molecule has 4 heteroatoms. The first-order valence-electron chi connectivity index (χ1n) is 5.49. The predicted octanol–water partition coefficient (Wildman–Crippen LogP) is 1.96. The largest absolute Gasteiger partial charge is 0.372 e. The summed E-state index contributed by atoms with van der Waals surface area (Å²) in [5.74, 6) is 0. The van der Waals surface area contributed by atoms with E-state index >= 15 is 0 Å². The van der Waals surface area contributed by atoms with E-state index in [1.807, 2.05) is 10.9 Å². The summed E-state index contributed by atoms with van der Waals surface area (Å²) in [5.41, 5.74) is 1.49. The Kier molecular flexibility index (Phi) is 3.16. The minimum absolute atomic E-state index is 0.0308. The van der Waals surface area contributed by atoms with Crippen LogP contribution in [0.25, 0.3) is 0 Å². The molecule has 1 saturated heterocycles. The van der Waals surface area contributed by atoms with Crippen LogP contribution >= 0.6 is 0 Å². The molecular weight excluding hydrogens is 192 g/mol. The highest BCUT2D eigenvalue weighted by Gasteiger charge is 2.23. The Morgan fingerprint density at radius 3 is 3.20 bits per heavy atom. The van der Waals surface area contributed by atoms with Crippen LogP contribution in [-0.2, 0) is 11.3 Å². The van der Waals surface area contributed by atoms with E-state index in [2.05, 4.69) is 12.0 Å². The van der Waals surface area contributed by atoms with Gasteiger partial charge < -0.3 is 4.74 Å². The molecule has 15 heavy (non-hydrogen) atoms. The zero-order valence-corrected chi connectivity index (χ0v) is 8.98. The van der Waals surface area contributed by atoms with E-state index in [0.717, 1.165) is 44.4 Å².